The molecule has 0 bridgehead atoms. The van der Waals surface area contributed by atoms with Gasteiger partial charge in [0.05, 0.1) is 11.4 Å². The average molecular weight is 383 g/mol. The summed E-state index contributed by atoms with van der Waals surface area (Å²) in [5.41, 5.74) is 0.313. The Kier molecular flexibility index (Phi) is 4.24. The Bertz CT molecular complexity index is 1110. The Hall–Kier alpha value is -3.40. The highest BCUT2D eigenvalue weighted by atomic mass is 32.2. The zero-order chi connectivity index (χ0) is 19.0. The minimum Gasteiger partial charge on any atom is -0.401 e. The average Bonchev–Trinajstić information content (AvgIpc) is 3.15. The summed E-state index contributed by atoms with van der Waals surface area (Å²) in [6.45, 7) is 3.65. The van der Waals surface area contributed by atoms with Crippen LogP contribution in [0.4, 0.5) is 5.88 Å². The molecule has 27 heavy (non-hydrogen) atoms. The van der Waals surface area contributed by atoms with Crippen molar-refractivity contribution in [2.75, 3.05) is 5.75 Å². The summed E-state index contributed by atoms with van der Waals surface area (Å²) in [7, 11) is 0. The zero-order valence-corrected chi connectivity index (χ0v) is 14.7. The van der Waals surface area contributed by atoms with Crippen molar-refractivity contribution in [1.29, 1.82) is 0 Å². The highest BCUT2D eigenvalue weighted by Gasteiger charge is 2.36. The molecule has 1 amide bonds. The second kappa shape index (κ2) is 6.72. The minimum atomic E-state index is -0.825. The quantitative estimate of drug-likeness (QED) is 0.483. The molecule has 1 N–H and O–H groups in total. The monoisotopic (exact) mass is 383 g/mol. The Morgan fingerprint density at radius 1 is 1.37 bits per heavy atom. The number of para-hydroxylation sites is 1. The third-order valence-corrected chi connectivity index (χ3v) is 4.76. The van der Waals surface area contributed by atoms with Gasteiger partial charge in [0, 0.05) is 11.0 Å². The molecule has 1 aromatic carbocycles. The third-order valence-electron chi connectivity index (χ3n) is 3.90. The molecule has 0 unspecified atom stereocenters. The van der Waals surface area contributed by atoms with Crippen molar-refractivity contribution in [2.24, 2.45) is 10.1 Å². The number of thioether (sulfide) groups is 1. The van der Waals surface area contributed by atoms with E-state index >= 15 is 0 Å². The first-order valence-corrected chi connectivity index (χ1v) is 8.91. The first-order valence-electron chi connectivity index (χ1n) is 7.92. The number of amides is 1. The van der Waals surface area contributed by atoms with Gasteiger partial charge < -0.3 is 4.42 Å². The highest BCUT2D eigenvalue weighted by Crippen LogP contribution is 2.33. The fourth-order valence-electron chi connectivity index (χ4n) is 2.79. The van der Waals surface area contributed by atoms with Crippen molar-refractivity contribution in [3.8, 4) is 0 Å². The van der Waals surface area contributed by atoms with Gasteiger partial charge in [-0.3, -0.25) is 20.2 Å². The van der Waals surface area contributed by atoms with Crippen LogP contribution in [0.2, 0.25) is 0 Å². The number of nitrogens with one attached hydrogen (secondary N) is 1. The molecular formula is C17H13N5O4S. The smallest absolute Gasteiger partial charge is 0.401 e. The van der Waals surface area contributed by atoms with Crippen LogP contribution in [0, 0.1) is 10.1 Å². The van der Waals surface area contributed by atoms with E-state index in [1.165, 1.54) is 28.9 Å². The third kappa shape index (κ3) is 2.99. The lowest BCUT2D eigenvalue weighted by atomic mass is 10.1. The molecule has 0 spiro atoms. The molecule has 10 heteroatoms. The van der Waals surface area contributed by atoms with Crippen molar-refractivity contribution in [1.82, 2.24) is 10.3 Å². The number of hydrogen-bond acceptors (Lipinski definition) is 8. The molecule has 0 fully saturated rings. The Labute approximate surface area is 156 Å². The van der Waals surface area contributed by atoms with Crippen LogP contribution in [0.5, 0.6) is 0 Å². The van der Waals surface area contributed by atoms with Crippen LogP contribution in [-0.4, -0.2) is 26.8 Å². The maximum Gasteiger partial charge on any atom is 0.433 e. The van der Waals surface area contributed by atoms with E-state index in [1.807, 2.05) is 0 Å². The molecule has 0 radical (unpaired) electrons. The number of carbonyl (C=O) groups excluding carboxylic acids is 1. The van der Waals surface area contributed by atoms with E-state index < -0.39 is 17.0 Å². The van der Waals surface area contributed by atoms with Gasteiger partial charge in [0.1, 0.15) is 10.6 Å². The van der Waals surface area contributed by atoms with Gasteiger partial charge in [0.2, 0.25) is 6.17 Å². The van der Waals surface area contributed by atoms with Gasteiger partial charge in [-0.2, -0.15) is 0 Å². The van der Waals surface area contributed by atoms with Crippen LogP contribution < -0.4 is 15.9 Å². The number of amidine groups is 1. The molecule has 1 atom stereocenters. The SMILES string of the molecule is C=CCSC1=NN2C(=c3ccccc3=N[C@H]2c2ccc([N+](=O)[O-])o2)C(=O)N1. The molecule has 4 rings (SSSR count). The summed E-state index contributed by atoms with van der Waals surface area (Å²) >= 11 is 1.31. The maximum atomic E-state index is 12.8. The van der Waals surface area contributed by atoms with Crippen LogP contribution in [0.3, 0.4) is 0 Å². The molecule has 1 aromatic heterocycles. The Morgan fingerprint density at radius 3 is 2.93 bits per heavy atom. The van der Waals surface area contributed by atoms with Crippen molar-refractivity contribution in [2.45, 2.75) is 6.17 Å². The summed E-state index contributed by atoms with van der Waals surface area (Å²) < 4.78 is 5.33. The number of furan rings is 1. The zero-order valence-electron chi connectivity index (χ0n) is 13.9. The van der Waals surface area contributed by atoms with E-state index in [0.29, 0.717) is 27.2 Å². The van der Waals surface area contributed by atoms with E-state index in [1.54, 1.807) is 30.3 Å². The van der Waals surface area contributed by atoms with Crippen LogP contribution in [0.15, 0.2) is 63.6 Å². The van der Waals surface area contributed by atoms with Crippen LogP contribution >= 0.6 is 11.8 Å². The molecule has 136 valence electrons. The Balaban J connectivity index is 1.88. The topological polar surface area (TPSA) is 113 Å². The van der Waals surface area contributed by atoms with Crippen molar-refractivity contribution in [3.63, 3.8) is 0 Å². The van der Waals surface area contributed by atoms with E-state index in [-0.39, 0.29) is 11.7 Å². The van der Waals surface area contributed by atoms with Gasteiger partial charge in [-0.25, -0.2) is 10.0 Å². The van der Waals surface area contributed by atoms with Gasteiger partial charge in [-0.15, -0.1) is 11.7 Å². The predicted molar refractivity (Wildman–Crippen MR) is 98.8 cm³/mol. The summed E-state index contributed by atoms with van der Waals surface area (Å²) in [6, 6.07) is 9.87. The number of hydrazone groups is 1. The van der Waals surface area contributed by atoms with E-state index in [2.05, 4.69) is 22.0 Å². The minimum absolute atomic E-state index is 0.222. The molecule has 0 saturated heterocycles. The second-order valence-corrected chi connectivity index (χ2v) is 6.61. The number of fused-ring (bicyclic) bond motifs is 2. The fourth-order valence-corrected chi connectivity index (χ4v) is 3.38. The lowest BCUT2D eigenvalue weighted by molar-refractivity contribution is -0.402. The number of benzene rings is 1. The van der Waals surface area contributed by atoms with Gasteiger partial charge in [0.15, 0.2) is 10.9 Å². The van der Waals surface area contributed by atoms with Gasteiger partial charge >= 0.3 is 5.88 Å². The van der Waals surface area contributed by atoms with Crippen molar-refractivity contribution >= 4 is 34.4 Å². The molecular weight excluding hydrogens is 370 g/mol. The number of carbonyl (C=O) groups is 1. The van der Waals surface area contributed by atoms with Gasteiger partial charge in [0.25, 0.3) is 5.91 Å². The standard InChI is InChI=1S/C17H13N5O4S/c1-2-9-27-17-19-16(23)14-10-5-3-4-6-11(10)18-15(21(14)20-17)12-7-8-13(26-12)22(24)25/h2-8,15H,1,9H2,(H,19,20,23)/t15-/m1/s1. The normalized spacial score (nSPS) is 18.0. The summed E-state index contributed by atoms with van der Waals surface area (Å²) in [5.74, 6) is 0.0601. The van der Waals surface area contributed by atoms with Gasteiger partial charge in [-0.1, -0.05) is 36.0 Å². The molecule has 3 heterocycles. The van der Waals surface area contributed by atoms with Crippen molar-refractivity contribution in [3.05, 3.63) is 75.5 Å². The largest absolute Gasteiger partial charge is 0.433 e. The summed E-state index contributed by atoms with van der Waals surface area (Å²) in [6.07, 6.45) is 0.871. The number of hydrogen-bond donors (Lipinski definition) is 1. The molecule has 9 nitrogen and oxygen atoms in total. The van der Waals surface area contributed by atoms with E-state index in [9.17, 15) is 14.9 Å². The Morgan fingerprint density at radius 2 is 2.19 bits per heavy atom. The first-order chi connectivity index (χ1) is 13.1. The predicted octanol–water partition coefficient (Wildman–Crippen LogP) is 1.25. The number of nitrogens with zero attached hydrogens (tertiary/aromatic N) is 4. The van der Waals surface area contributed by atoms with Crippen molar-refractivity contribution < 1.29 is 14.1 Å². The van der Waals surface area contributed by atoms with E-state index in [4.69, 9.17) is 4.42 Å². The maximum absolute atomic E-state index is 12.8. The lowest BCUT2D eigenvalue weighted by Crippen LogP contribution is -2.50. The lowest BCUT2D eigenvalue weighted by Gasteiger charge is -2.32. The molecule has 2 aromatic rings. The highest BCUT2D eigenvalue weighted by molar-refractivity contribution is 8.14. The number of nitro groups is 1. The van der Waals surface area contributed by atoms with E-state index in [0.717, 1.165) is 0 Å². The molecule has 0 saturated carbocycles. The summed E-state index contributed by atoms with van der Waals surface area (Å²) in [5, 5.41) is 21.2. The molecule has 2 aliphatic heterocycles. The van der Waals surface area contributed by atoms with Crippen LogP contribution in [0.25, 0.3) is 5.70 Å². The first kappa shape index (κ1) is 17.0. The number of rotatable bonds is 4. The fraction of sp³-hybridized carbons (Fsp3) is 0.118. The van der Waals surface area contributed by atoms with Gasteiger partial charge in [-0.05, 0) is 12.1 Å². The molecule has 0 aliphatic carbocycles. The van der Waals surface area contributed by atoms with Crippen LogP contribution in [-0.2, 0) is 4.79 Å². The van der Waals surface area contributed by atoms with Crippen LogP contribution in [0.1, 0.15) is 11.9 Å². The molecule has 2 aliphatic rings. The second-order valence-electron chi connectivity index (χ2n) is 5.61. The summed E-state index contributed by atoms with van der Waals surface area (Å²) in [4.78, 5) is 27.7.